The van der Waals surface area contributed by atoms with Crippen molar-refractivity contribution in [2.45, 2.75) is 25.7 Å². The average molecular weight is 254 g/mol. The minimum atomic E-state index is -0.145. The molecule has 3 aliphatic rings. The third-order valence-corrected chi connectivity index (χ3v) is 4.55. The van der Waals surface area contributed by atoms with Crippen LogP contribution >= 0.6 is 0 Å². The Morgan fingerprint density at radius 1 is 0.947 bits per heavy atom. The van der Waals surface area contributed by atoms with Crippen LogP contribution in [-0.2, 0) is 9.53 Å². The first-order chi connectivity index (χ1) is 9.27. The van der Waals surface area contributed by atoms with Gasteiger partial charge in [0.2, 0.25) is 0 Å². The number of fused-ring (bicyclic) bond motifs is 4. The number of allylic oxidation sites excluding steroid dienone is 1. The highest BCUT2D eigenvalue weighted by atomic mass is 16.5. The lowest BCUT2D eigenvalue weighted by Crippen LogP contribution is -2.35. The molecule has 3 nitrogen and oxygen atoms in total. The van der Waals surface area contributed by atoms with Crippen LogP contribution in [0.25, 0.3) is 5.76 Å². The fourth-order valence-electron chi connectivity index (χ4n) is 3.65. The lowest BCUT2D eigenvalue weighted by molar-refractivity contribution is -0.145. The van der Waals surface area contributed by atoms with Crippen LogP contribution < -0.4 is 0 Å². The van der Waals surface area contributed by atoms with Gasteiger partial charge in [0.1, 0.15) is 5.76 Å². The Kier molecular flexibility index (Phi) is 2.19. The maximum atomic E-state index is 12.5. The molecule has 2 atom stereocenters. The van der Waals surface area contributed by atoms with Gasteiger partial charge in [-0.3, -0.25) is 9.59 Å². The number of ether oxygens (including phenoxy) is 1. The molecule has 2 aliphatic carbocycles. The molecule has 1 aromatic carbocycles. The third kappa shape index (κ3) is 1.38. The number of rotatable bonds is 0. The van der Waals surface area contributed by atoms with E-state index in [1.165, 1.54) is 0 Å². The largest absolute Gasteiger partial charge is 0.425 e. The van der Waals surface area contributed by atoms with Gasteiger partial charge in [-0.1, -0.05) is 37.1 Å². The average Bonchev–Trinajstić information content (AvgIpc) is 2.73. The van der Waals surface area contributed by atoms with E-state index in [2.05, 4.69) is 0 Å². The zero-order valence-electron chi connectivity index (χ0n) is 10.5. The van der Waals surface area contributed by atoms with Crippen LogP contribution in [0.3, 0.4) is 0 Å². The Morgan fingerprint density at radius 3 is 2.42 bits per heavy atom. The van der Waals surface area contributed by atoms with E-state index < -0.39 is 0 Å². The Bertz CT molecular complexity index is 627. The minimum absolute atomic E-state index is 0.0648. The molecule has 1 heterocycles. The first kappa shape index (κ1) is 11.0. The summed E-state index contributed by atoms with van der Waals surface area (Å²) in [5.74, 6) is 0.423. The second kappa shape index (κ2) is 3.80. The van der Waals surface area contributed by atoms with Gasteiger partial charge >= 0.3 is 5.97 Å². The number of benzene rings is 1. The van der Waals surface area contributed by atoms with Gasteiger partial charge in [-0.15, -0.1) is 0 Å². The van der Waals surface area contributed by atoms with E-state index in [-0.39, 0.29) is 23.6 Å². The monoisotopic (exact) mass is 254 g/mol. The Balaban J connectivity index is 1.89. The van der Waals surface area contributed by atoms with Crippen LogP contribution in [0.2, 0.25) is 0 Å². The molecule has 1 fully saturated rings. The molecule has 0 saturated heterocycles. The molecule has 1 aliphatic heterocycles. The van der Waals surface area contributed by atoms with Crippen molar-refractivity contribution in [2.24, 2.45) is 11.8 Å². The number of hydrogen-bond donors (Lipinski definition) is 0. The van der Waals surface area contributed by atoms with Crippen molar-refractivity contribution in [2.75, 3.05) is 0 Å². The lowest BCUT2D eigenvalue weighted by Gasteiger charge is -2.34. The second-order valence-electron chi connectivity index (χ2n) is 5.54. The second-order valence-corrected chi connectivity index (χ2v) is 5.54. The molecule has 0 bridgehead atoms. The zero-order valence-corrected chi connectivity index (χ0v) is 10.5. The van der Waals surface area contributed by atoms with E-state index >= 15 is 0 Å². The van der Waals surface area contributed by atoms with Crippen LogP contribution in [0.4, 0.5) is 0 Å². The molecule has 2 unspecified atom stereocenters. The van der Waals surface area contributed by atoms with E-state index in [0.717, 1.165) is 36.8 Å². The van der Waals surface area contributed by atoms with Gasteiger partial charge in [-0.2, -0.15) is 0 Å². The summed E-state index contributed by atoms with van der Waals surface area (Å²) >= 11 is 0. The summed E-state index contributed by atoms with van der Waals surface area (Å²) in [6, 6.07) is 7.42. The maximum Gasteiger partial charge on any atom is 0.314 e. The number of Topliss-reactive ketones (excluding diaryl/α,β-unsaturated/α-hetero) is 1. The van der Waals surface area contributed by atoms with Crippen molar-refractivity contribution in [3.63, 3.8) is 0 Å². The highest BCUT2D eigenvalue weighted by Crippen LogP contribution is 2.48. The number of carbonyl (C=O) groups excluding carboxylic acids is 2. The van der Waals surface area contributed by atoms with Crippen molar-refractivity contribution in [3.05, 3.63) is 41.0 Å². The molecule has 3 heteroatoms. The summed E-state index contributed by atoms with van der Waals surface area (Å²) in [7, 11) is 0. The third-order valence-electron chi connectivity index (χ3n) is 4.55. The van der Waals surface area contributed by atoms with Crippen LogP contribution in [0, 0.1) is 11.8 Å². The van der Waals surface area contributed by atoms with Crippen molar-refractivity contribution in [3.8, 4) is 0 Å². The molecule has 0 N–H and O–H groups in total. The van der Waals surface area contributed by atoms with E-state index in [1.807, 2.05) is 24.3 Å². The number of hydrogen-bond acceptors (Lipinski definition) is 3. The molecule has 1 saturated carbocycles. The smallest absolute Gasteiger partial charge is 0.314 e. The summed E-state index contributed by atoms with van der Waals surface area (Å²) in [5.41, 5.74) is 2.23. The van der Waals surface area contributed by atoms with Gasteiger partial charge in [0, 0.05) is 22.6 Å². The standard InChI is InChI=1S/C16H14O3/c17-14-10-6-2-3-7-11(10)15-13(14)9-5-1-4-8-12(9)16(18)19-15/h2-3,6-7,9,12H,1,4-5,8H2. The fraction of sp³-hybridized carbons (Fsp3) is 0.375. The molecule has 0 spiro atoms. The van der Waals surface area contributed by atoms with Crippen molar-refractivity contribution < 1.29 is 14.3 Å². The highest BCUT2D eigenvalue weighted by molar-refractivity contribution is 6.21. The van der Waals surface area contributed by atoms with Crippen molar-refractivity contribution in [1.29, 1.82) is 0 Å². The van der Waals surface area contributed by atoms with Crippen LogP contribution in [0.1, 0.15) is 41.6 Å². The molecule has 1 aromatic rings. The minimum Gasteiger partial charge on any atom is -0.425 e. The van der Waals surface area contributed by atoms with E-state index in [4.69, 9.17) is 4.74 Å². The summed E-state index contributed by atoms with van der Waals surface area (Å²) in [6.45, 7) is 0. The van der Waals surface area contributed by atoms with E-state index in [1.54, 1.807) is 0 Å². The molecule has 0 aromatic heterocycles. The van der Waals surface area contributed by atoms with Gasteiger partial charge in [-0.05, 0) is 12.8 Å². The Morgan fingerprint density at radius 2 is 1.63 bits per heavy atom. The fourth-order valence-corrected chi connectivity index (χ4v) is 3.65. The van der Waals surface area contributed by atoms with Gasteiger partial charge in [0.05, 0.1) is 5.92 Å². The lowest BCUT2D eigenvalue weighted by atomic mass is 9.73. The van der Waals surface area contributed by atoms with E-state index in [9.17, 15) is 9.59 Å². The SMILES string of the molecule is O=C1C2=C(OC(=O)C3CCCCC23)c2ccccc21. The van der Waals surface area contributed by atoms with Gasteiger partial charge in [0.15, 0.2) is 5.78 Å². The van der Waals surface area contributed by atoms with Gasteiger partial charge in [0.25, 0.3) is 0 Å². The number of ketones is 1. The van der Waals surface area contributed by atoms with Crippen molar-refractivity contribution in [1.82, 2.24) is 0 Å². The first-order valence-electron chi connectivity index (χ1n) is 6.87. The van der Waals surface area contributed by atoms with Crippen molar-refractivity contribution >= 4 is 17.5 Å². The molecule has 0 radical (unpaired) electrons. The molecule has 4 rings (SSSR count). The molecular formula is C16H14O3. The number of esters is 1. The Hall–Kier alpha value is -1.90. The van der Waals surface area contributed by atoms with Crippen LogP contribution in [0.15, 0.2) is 29.8 Å². The maximum absolute atomic E-state index is 12.5. The summed E-state index contributed by atoms with van der Waals surface area (Å²) in [6.07, 6.45) is 3.93. The summed E-state index contributed by atoms with van der Waals surface area (Å²) in [4.78, 5) is 24.7. The molecular weight excluding hydrogens is 240 g/mol. The predicted octanol–water partition coefficient (Wildman–Crippen LogP) is 2.96. The van der Waals surface area contributed by atoms with E-state index in [0.29, 0.717) is 11.3 Å². The number of carbonyl (C=O) groups is 2. The quantitative estimate of drug-likeness (QED) is 0.668. The normalized spacial score (nSPS) is 28.6. The van der Waals surface area contributed by atoms with Gasteiger partial charge < -0.3 is 4.74 Å². The topological polar surface area (TPSA) is 43.4 Å². The Labute approximate surface area is 111 Å². The summed E-state index contributed by atoms with van der Waals surface area (Å²) in [5, 5.41) is 0. The predicted molar refractivity (Wildman–Crippen MR) is 69.2 cm³/mol. The molecule has 19 heavy (non-hydrogen) atoms. The van der Waals surface area contributed by atoms with Crippen LogP contribution in [-0.4, -0.2) is 11.8 Å². The highest BCUT2D eigenvalue weighted by Gasteiger charge is 2.47. The zero-order chi connectivity index (χ0) is 13.0. The van der Waals surface area contributed by atoms with Gasteiger partial charge in [-0.25, -0.2) is 0 Å². The molecule has 0 amide bonds. The first-order valence-corrected chi connectivity index (χ1v) is 6.87. The summed E-state index contributed by atoms with van der Waals surface area (Å²) < 4.78 is 5.50. The van der Waals surface area contributed by atoms with Crippen LogP contribution in [0.5, 0.6) is 0 Å². The molecule has 96 valence electrons.